The minimum absolute atomic E-state index is 0.225. The van der Waals surface area contributed by atoms with Crippen molar-refractivity contribution < 1.29 is 4.79 Å². The van der Waals surface area contributed by atoms with Crippen molar-refractivity contribution in [2.24, 2.45) is 0 Å². The first kappa shape index (κ1) is 17.0. The molecule has 0 aliphatic heterocycles. The van der Waals surface area contributed by atoms with Crippen LogP contribution < -0.4 is 10.6 Å². The highest BCUT2D eigenvalue weighted by atomic mass is 79.9. The molecule has 0 aliphatic carbocycles. The van der Waals surface area contributed by atoms with E-state index in [1.165, 1.54) is 4.90 Å². The summed E-state index contributed by atoms with van der Waals surface area (Å²) in [5.74, 6) is -0.225. The zero-order valence-electron chi connectivity index (χ0n) is 11.9. The van der Waals surface area contributed by atoms with Crippen LogP contribution in [0.1, 0.15) is 15.9 Å². The van der Waals surface area contributed by atoms with Gasteiger partial charge in [0.15, 0.2) is 5.11 Å². The average Bonchev–Trinajstić information content (AvgIpc) is 2.53. The lowest BCUT2D eigenvalue weighted by atomic mass is 10.2. The highest BCUT2D eigenvalue weighted by molar-refractivity contribution is 9.10. The summed E-state index contributed by atoms with van der Waals surface area (Å²) in [6.45, 7) is 0.576. The third kappa shape index (κ3) is 5.12. The van der Waals surface area contributed by atoms with Crippen LogP contribution in [0.15, 0.2) is 57.9 Å². The number of benzene rings is 2. The van der Waals surface area contributed by atoms with Crippen LogP contribution in [0.5, 0.6) is 0 Å². The minimum atomic E-state index is -0.225. The van der Waals surface area contributed by atoms with Gasteiger partial charge in [0.05, 0.1) is 0 Å². The van der Waals surface area contributed by atoms with Gasteiger partial charge in [0.25, 0.3) is 5.91 Å². The van der Waals surface area contributed by atoms with Crippen molar-refractivity contribution in [2.75, 3.05) is 6.26 Å². The summed E-state index contributed by atoms with van der Waals surface area (Å²) < 4.78 is 0.855. The number of hydrogen-bond donors (Lipinski definition) is 2. The zero-order chi connectivity index (χ0) is 15.9. The first-order valence-electron chi connectivity index (χ1n) is 6.56. The second kappa shape index (κ2) is 8.31. The number of amides is 1. The van der Waals surface area contributed by atoms with E-state index < -0.39 is 0 Å². The van der Waals surface area contributed by atoms with Crippen LogP contribution in [0.4, 0.5) is 0 Å². The average molecular weight is 395 g/mol. The summed E-state index contributed by atoms with van der Waals surface area (Å²) >= 11 is 10.2. The Balaban J connectivity index is 1.85. The maximum absolute atomic E-state index is 12.0. The lowest BCUT2D eigenvalue weighted by molar-refractivity contribution is 0.0976. The molecule has 0 spiro atoms. The van der Waals surface area contributed by atoms with Crippen LogP contribution in [0.25, 0.3) is 0 Å². The van der Waals surface area contributed by atoms with Gasteiger partial charge in [-0.2, -0.15) is 0 Å². The fraction of sp³-hybridized carbons (Fsp3) is 0.125. The van der Waals surface area contributed by atoms with E-state index in [-0.39, 0.29) is 5.91 Å². The molecule has 0 aliphatic rings. The van der Waals surface area contributed by atoms with Gasteiger partial charge in [0, 0.05) is 21.5 Å². The molecule has 0 unspecified atom stereocenters. The molecule has 114 valence electrons. The van der Waals surface area contributed by atoms with Gasteiger partial charge in [-0.1, -0.05) is 34.1 Å². The monoisotopic (exact) mass is 394 g/mol. The number of thiocarbonyl (C=S) groups is 1. The molecule has 0 atom stereocenters. The van der Waals surface area contributed by atoms with E-state index in [2.05, 4.69) is 38.7 Å². The van der Waals surface area contributed by atoms with Gasteiger partial charge in [-0.15, -0.1) is 11.8 Å². The van der Waals surface area contributed by atoms with Crippen molar-refractivity contribution in [3.8, 4) is 0 Å². The highest BCUT2D eigenvalue weighted by Gasteiger charge is 2.07. The van der Waals surface area contributed by atoms with Gasteiger partial charge < -0.3 is 5.32 Å². The summed E-state index contributed by atoms with van der Waals surface area (Å²) in [5, 5.41) is 6.02. The molecule has 3 nitrogen and oxygen atoms in total. The predicted molar refractivity (Wildman–Crippen MR) is 99.3 cm³/mol. The summed E-state index contributed by atoms with van der Waals surface area (Å²) in [6.07, 6.45) is 2.04. The first-order chi connectivity index (χ1) is 10.6. The van der Waals surface area contributed by atoms with Gasteiger partial charge in [-0.3, -0.25) is 10.1 Å². The van der Waals surface area contributed by atoms with Gasteiger partial charge in [0.2, 0.25) is 0 Å². The molecule has 2 aromatic carbocycles. The number of nitrogens with one attached hydrogen (secondary N) is 2. The summed E-state index contributed by atoms with van der Waals surface area (Å²) in [4.78, 5) is 13.3. The molecular weight excluding hydrogens is 380 g/mol. The molecule has 1 amide bonds. The molecule has 0 bridgehead atoms. The molecule has 2 N–H and O–H groups in total. The second-order valence-corrected chi connectivity index (χ2v) is 6.70. The molecule has 0 radical (unpaired) electrons. The van der Waals surface area contributed by atoms with Crippen molar-refractivity contribution >= 4 is 50.9 Å². The molecule has 2 rings (SSSR count). The fourth-order valence-electron chi connectivity index (χ4n) is 1.77. The molecule has 0 saturated carbocycles. The van der Waals surface area contributed by atoms with Crippen LogP contribution in [-0.4, -0.2) is 17.3 Å². The third-order valence-electron chi connectivity index (χ3n) is 2.93. The van der Waals surface area contributed by atoms with Crippen molar-refractivity contribution in [3.63, 3.8) is 0 Å². The van der Waals surface area contributed by atoms with E-state index in [0.717, 1.165) is 10.0 Å². The standard InChI is InChI=1S/C16H15BrN2OS2/c1-22-14-7-5-11(6-8-14)10-18-16(21)19-15(20)12-3-2-4-13(17)9-12/h2-9H,10H2,1H3,(H2,18,19,20,21). The minimum Gasteiger partial charge on any atom is -0.358 e. The summed E-state index contributed by atoms with van der Waals surface area (Å²) in [7, 11) is 0. The number of hydrogen-bond acceptors (Lipinski definition) is 3. The topological polar surface area (TPSA) is 41.1 Å². The number of halogens is 1. The van der Waals surface area contributed by atoms with Gasteiger partial charge in [-0.05, 0) is 54.4 Å². The first-order valence-corrected chi connectivity index (χ1v) is 8.99. The van der Waals surface area contributed by atoms with E-state index in [1.54, 1.807) is 23.9 Å². The quantitative estimate of drug-likeness (QED) is 0.607. The van der Waals surface area contributed by atoms with Crippen molar-refractivity contribution in [1.29, 1.82) is 0 Å². The maximum atomic E-state index is 12.0. The van der Waals surface area contributed by atoms with Gasteiger partial charge in [0.1, 0.15) is 0 Å². The second-order valence-electron chi connectivity index (χ2n) is 4.50. The molecule has 2 aromatic rings. The molecule has 0 aromatic heterocycles. The highest BCUT2D eigenvalue weighted by Crippen LogP contribution is 2.14. The van der Waals surface area contributed by atoms with Crippen LogP contribution in [0.3, 0.4) is 0 Å². The SMILES string of the molecule is CSc1ccc(CNC(=S)NC(=O)c2cccc(Br)c2)cc1. The third-order valence-corrected chi connectivity index (χ3v) is 4.41. The van der Waals surface area contributed by atoms with E-state index in [0.29, 0.717) is 17.2 Å². The summed E-state index contributed by atoms with van der Waals surface area (Å²) in [6, 6.07) is 15.4. The molecule has 0 heterocycles. The lowest BCUT2D eigenvalue weighted by Crippen LogP contribution is -2.38. The largest absolute Gasteiger partial charge is 0.358 e. The number of rotatable bonds is 4. The molecular formula is C16H15BrN2OS2. The van der Waals surface area contributed by atoms with Gasteiger partial charge >= 0.3 is 0 Å². The Labute approximate surface area is 148 Å². The maximum Gasteiger partial charge on any atom is 0.257 e. The number of thioether (sulfide) groups is 1. The normalized spacial score (nSPS) is 10.1. The lowest BCUT2D eigenvalue weighted by Gasteiger charge is -2.10. The van der Waals surface area contributed by atoms with Crippen molar-refractivity contribution in [1.82, 2.24) is 10.6 Å². The van der Waals surface area contributed by atoms with Crippen LogP contribution in [-0.2, 0) is 6.54 Å². The van der Waals surface area contributed by atoms with Crippen LogP contribution in [0, 0.1) is 0 Å². The molecule has 0 saturated heterocycles. The van der Waals surface area contributed by atoms with Gasteiger partial charge in [-0.25, -0.2) is 0 Å². The Morgan fingerprint density at radius 2 is 1.95 bits per heavy atom. The Morgan fingerprint density at radius 3 is 2.59 bits per heavy atom. The number of carbonyl (C=O) groups is 1. The number of carbonyl (C=O) groups excluding carboxylic acids is 1. The summed E-state index contributed by atoms with van der Waals surface area (Å²) in [5.41, 5.74) is 1.67. The molecule has 6 heteroatoms. The van der Waals surface area contributed by atoms with Crippen LogP contribution >= 0.6 is 39.9 Å². The smallest absolute Gasteiger partial charge is 0.257 e. The Kier molecular flexibility index (Phi) is 6.42. The Hall–Kier alpha value is -1.37. The van der Waals surface area contributed by atoms with E-state index in [4.69, 9.17) is 12.2 Å². The van der Waals surface area contributed by atoms with E-state index in [1.807, 2.05) is 30.5 Å². The Bertz CT molecular complexity index is 674. The van der Waals surface area contributed by atoms with E-state index >= 15 is 0 Å². The molecule has 22 heavy (non-hydrogen) atoms. The molecule has 0 fully saturated rings. The fourth-order valence-corrected chi connectivity index (χ4v) is 2.75. The van der Waals surface area contributed by atoms with E-state index in [9.17, 15) is 4.79 Å². The van der Waals surface area contributed by atoms with Crippen molar-refractivity contribution in [3.05, 3.63) is 64.1 Å². The van der Waals surface area contributed by atoms with Crippen molar-refractivity contribution in [2.45, 2.75) is 11.4 Å². The zero-order valence-corrected chi connectivity index (χ0v) is 15.1. The Morgan fingerprint density at radius 1 is 1.23 bits per heavy atom. The predicted octanol–water partition coefficient (Wildman–Crippen LogP) is 3.98. The van der Waals surface area contributed by atoms with Crippen LogP contribution in [0.2, 0.25) is 0 Å².